The van der Waals surface area contributed by atoms with E-state index < -0.39 is 59.9 Å². The molecule has 1 fully saturated rings. The summed E-state index contributed by atoms with van der Waals surface area (Å²) in [6.45, 7) is 5.77. The number of nitrogens with zero attached hydrogens (tertiary/aromatic N) is 4. The molecule has 0 bridgehead atoms. The number of thiophene rings is 1. The molecule has 0 unspecified atom stereocenters. The van der Waals surface area contributed by atoms with E-state index in [1.807, 2.05) is 73.8 Å². The summed E-state index contributed by atoms with van der Waals surface area (Å²) in [5.74, 6) is -2.88. The normalized spacial score (nSPS) is 16.5. The largest absolute Gasteiger partial charge is 0.492 e. The van der Waals surface area contributed by atoms with E-state index in [2.05, 4.69) is 26.3 Å². The van der Waals surface area contributed by atoms with Crippen molar-refractivity contribution in [2.45, 2.75) is 83.5 Å². The maximum absolute atomic E-state index is 14.3. The average Bonchev–Trinajstić information content (AvgIpc) is 3.98. The second kappa shape index (κ2) is 20.1. The number of carbonyl (C=O) groups excluding carboxylic acids is 4. The van der Waals surface area contributed by atoms with Gasteiger partial charge < -0.3 is 40.5 Å². The lowest BCUT2D eigenvalue weighted by atomic mass is 10.0. The van der Waals surface area contributed by atoms with E-state index in [1.165, 1.54) is 23.2 Å². The molecule has 1 aliphatic heterocycles. The van der Waals surface area contributed by atoms with Gasteiger partial charge in [0.1, 0.15) is 54.6 Å². The van der Waals surface area contributed by atoms with Gasteiger partial charge in [0.15, 0.2) is 0 Å². The van der Waals surface area contributed by atoms with Crippen LogP contribution in [-0.2, 0) is 38.8 Å². The van der Waals surface area contributed by atoms with Gasteiger partial charge >= 0.3 is 5.97 Å². The Labute approximate surface area is 350 Å². The van der Waals surface area contributed by atoms with E-state index >= 15 is 0 Å². The van der Waals surface area contributed by atoms with Crippen LogP contribution in [0.4, 0.5) is 0 Å². The number of likely N-dealkylation sites (tertiary alicyclic amines) is 1. The number of aromatic nitrogens is 3. The molecule has 0 radical (unpaired) electrons. The Morgan fingerprint density at radius 3 is 2.40 bits per heavy atom. The molecule has 0 aliphatic carbocycles. The Morgan fingerprint density at radius 1 is 0.900 bits per heavy atom. The molecule has 1 saturated heterocycles. The first-order chi connectivity index (χ1) is 28.9. The zero-order chi connectivity index (χ0) is 42.8. The zero-order valence-electron chi connectivity index (χ0n) is 33.5. The van der Waals surface area contributed by atoms with E-state index in [-0.39, 0.29) is 49.6 Å². The van der Waals surface area contributed by atoms with Crippen molar-refractivity contribution >= 4 is 51.0 Å². The van der Waals surface area contributed by atoms with Gasteiger partial charge in [-0.1, -0.05) is 67.6 Å². The minimum absolute atomic E-state index is 0.0114. The Balaban J connectivity index is 1.12. The van der Waals surface area contributed by atoms with Crippen LogP contribution < -0.4 is 25.4 Å². The van der Waals surface area contributed by atoms with Gasteiger partial charge in [-0.3, -0.25) is 24.0 Å². The van der Waals surface area contributed by atoms with Crippen molar-refractivity contribution in [3.63, 3.8) is 0 Å². The Hall–Kier alpha value is -6.33. The van der Waals surface area contributed by atoms with Crippen LogP contribution in [0.15, 0.2) is 90.4 Å². The minimum atomic E-state index is -1.25. The predicted octanol–water partition coefficient (Wildman–Crippen LogP) is 3.57. The van der Waals surface area contributed by atoms with Crippen molar-refractivity contribution in [3.05, 3.63) is 107 Å². The quantitative estimate of drug-likeness (QED) is 0.0811. The minimum Gasteiger partial charge on any atom is -0.492 e. The summed E-state index contributed by atoms with van der Waals surface area (Å²) in [6, 6.07) is 18.9. The second-order valence-corrected chi connectivity index (χ2v) is 16.0. The summed E-state index contributed by atoms with van der Waals surface area (Å²) in [5.41, 5.74) is 1.47. The van der Waals surface area contributed by atoms with E-state index in [9.17, 15) is 34.2 Å². The van der Waals surface area contributed by atoms with Crippen molar-refractivity contribution in [1.82, 2.24) is 35.8 Å². The highest BCUT2D eigenvalue weighted by Crippen LogP contribution is 2.28. The monoisotopic (exact) mass is 839 g/mol. The molecule has 60 heavy (non-hydrogen) atoms. The number of ether oxygens (including phenoxy) is 2. The third-order valence-corrected chi connectivity index (χ3v) is 11.0. The first-order valence-corrected chi connectivity index (χ1v) is 20.6. The number of hydrogen-bond acceptors (Lipinski definition) is 11. The number of carboxylic acid groups (broad SMARTS) is 1. The smallest absolute Gasteiger partial charge is 0.325 e. The van der Waals surface area contributed by atoms with Gasteiger partial charge in [-0.05, 0) is 65.9 Å². The molecule has 6 rings (SSSR count). The molecule has 5 N–H and O–H groups in total. The number of hydrogen-bond donors (Lipinski definition) is 5. The van der Waals surface area contributed by atoms with E-state index in [1.54, 1.807) is 35.1 Å². The summed E-state index contributed by atoms with van der Waals surface area (Å²) < 4.78 is 14.4. The number of carbonyl (C=O) groups is 5. The van der Waals surface area contributed by atoms with Gasteiger partial charge in [0, 0.05) is 24.1 Å². The van der Waals surface area contributed by atoms with Crippen molar-refractivity contribution < 1.29 is 43.7 Å². The first-order valence-electron chi connectivity index (χ1n) is 19.7. The number of nitrogens with one attached hydrogen (secondary N) is 3. The van der Waals surface area contributed by atoms with Crippen molar-refractivity contribution in [3.8, 4) is 11.5 Å². The fourth-order valence-corrected chi connectivity index (χ4v) is 7.89. The number of amides is 4. The summed E-state index contributed by atoms with van der Waals surface area (Å²) in [5, 5.41) is 39.3. The molecular formula is C43H49N7O9S. The summed E-state index contributed by atoms with van der Waals surface area (Å²) in [7, 11) is 0. The van der Waals surface area contributed by atoms with Crippen LogP contribution >= 0.6 is 11.3 Å². The fourth-order valence-electron chi connectivity index (χ4n) is 6.92. The van der Waals surface area contributed by atoms with E-state index in [4.69, 9.17) is 9.47 Å². The molecule has 0 saturated carbocycles. The predicted molar refractivity (Wildman–Crippen MR) is 222 cm³/mol. The lowest BCUT2D eigenvalue weighted by molar-refractivity contribution is -0.142. The molecule has 3 heterocycles. The van der Waals surface area contributed by atoms with Crippen LogP contribution in [0.2, 0.25) is 0 Å². The molecule has 0 spiro atoms. The van der Waals surface area contributed by atoms with E-state index in [0.29, 0.717) is 18.8 Å². The third-order valence-electron chi connectivity index (χ3n) is 9.95. The number of aliphatic carboxylic acids is 1. The lowest BCUT2D eigenvalue weighted by Gasteiger charge is -2.30. The number of benzene rings is 3. The molecular weight excluding hydrogens is 791 g/mol. The fraction of sp³-hybridized carbons (Fsp3) is 0.372. The van der Waals surface area contributed by atoms with Gasteiger partial charge in [0.25, 0.3) is 5.91 Å². The van der Waals surface area contributed by atoms with Crippen LogP contribution in [0, 0.1) is 5.92 Å². The summed E-state index contributed by atoms with van der Waals surface area (Å²) >= 11 is 1.47. The van der Waals surface area contributed by atoms with Crippen LogP contribution in [-0.4, -0.2) is 103 Å². The van der Waals surface area contributed by atoms with Crippen molar-refractivity contribution in [2.24, 2.45) is 5.92 Å². The maximum atomic E-state index is 14.3. The standard InChI is InChI=1S/C43H49N7O9S/c1-26(2)19-35(46-39(52)33-14-7-9-15-37(33)59-24-29-22-49(48-47-29)17-18-58-31-11-5-4-6-12-31)42(55)50-23-30(51)21-36(50)41(54)45-34(40(53)44-27(3)43(56)57)20-28-25-60-38-16-10-8-13-32(28)38/h4-16,22,25-27,30,34-36,51H,17-21,23-24H2,1-3H3,(H,44,53)(H,45,54)(H,46,52)(H,56,57)/t27-,30-,34-,35+,36+/m0/s1. The molecule has 2 aromatic heterocycles. The van der Waals surface area contributed by atoms with Crippen LogP contribution in [0.5, 0.6) is 11.5 Å². The molecule has 3 aromatic carbocycles. The molecule has 16 nitrogen and oxygen atoms in total. The number of β-amino-alcohol motifs (C(OH)–C–C–N with tert-alkyl or cyclic N) is 1. The lowest BCUT2D eigenvalue weighted by Crippen LogP contribution is -2.57. The van der Waals surface area contributed by atoms with Gasteiger partial charge in [-0.15, -0.1) is 16.4 Å². The maximum Gasteiger partial charge on any atom is 0.325 e. The van der Waals surface area contributed by atoms with Crippen LogP contribution in [0.3, 0.4) is 0 Å². The second-order valence-electron chi connectivity index (χ2n) is 15.1. The highest BCUT2D eigenvalue weighted by Gasteiger charge is 2.43. The topological polar surface area (TPSA) is 214 Å². The summed E-state index contributed by atoms with van der Waals surface area (Å²) in [6.07, 6.45) is 0.828. The number of carboxylic acids is 1. The summed E-state index contributed by atoms with van der Waals surface area (Å²) in [4.78, 5) is 68.6. The van der Waals surface area contributed by atoms with E-state index in [0.717, 1.165) is 21.4 Å². The number of rotatable bonds is 19. The average molecular weight is 840 g/mol. The van der Waals surface area contributed by atoms with Crippen molar-refractivity contribution in [2.75, 3.05) is 13.2 Å². The third kappa shape index (κ3) is 11.2. The number of aliphatic hydroxyl groups is 1. The van der Waals surface area contributed by atoms with Gasteiger partial charge in [0.2, 0.25) is 17.7 Å². The molecule has 316 valence electrons. The number of para-hydroxylation sites is 2. The molecule has 1 aliphatic rings. The Bertz CT molecular complexity index is 2280. The zero-order valence-corrected chi connectivity index (χ0v) is 34.3. The Kier molecular flexibility index (Phi) is 14.5. The number of fused-ring (bicyclic) bond motifs is 1. The molecule has 5 atom stereocenters. The molecule has 5 aromatic rings. The molecule has 17 heteroatoms. The Morgan fingerprint density at radius 2 is 1.63 bits per heavy atom. The van der Waals surface area contributed by atoms with Crippen LogP contribution in [0.1, 0.15) is 55.2 Å². The highest BCUT2D eigenvalue weighted by atomic mass is 32.1. The highest BCUT2D eigenvalue weighted by molar-refractivity contribution is 7.17. The van der Waals surface area contributed by atoms with Crippen molar-refractivity contribution in [1.29, 1.82) is 0 Å². The van der Waals surface area contributed by atoms with Gasteiger partial charge in [-0.2, -0.15) is 0 Å². The first kappa shape index (κ1) is 43.3. The SMILES string of the molecule is CC(C)C[C@@H](NC(=O)c1ccccc1OCc1cn(CCOc2ccccc2)nn1)C(=O)N1C[C@@H](O)C[C@@H]1C(=O)N[C@@H](Cc1csc2ccccc12)C(=O)N[C@@H](C)C(=O)O. The van der Waals surface area contributed by atoms with Crippen LogP contribution in [0.25, 0.3) is 10.1 Å². The van der Waals surface area contributed by atoms with Gasteiger partial charge in [-0.25, -0.2) is 4.68 Å². The molecule has 4 amide bonds. The number of aliphatic hydroxyl groups excluding tert-OH is 1. The van der Waals surface area contributed by atoms with Gasteiger partial charge in [0.05, 0.1) is 24.4 Å².